The summed E-state index contributed by atoms with van der Waals surface area (Å²) in [4.78, 5) is 4.61. The van der Waals surface area contributed by atoms with Gasteiger partial charge in [-0.1, -0.05) is 170 Å². The lowest BCUT2D eigenvalue weighted by molar-refractivity contribution is 0.437. The van der Waals surface area contributed by atoms with E-state index in [9.17, 15) is 0 Å². The number of hydrogen-bond donors (Lipinski definition) is 0. The van der Waals surface area contributed by atoms with Gasteiger partial charge in [-0.15, -0.1) is 0 Å². The lowest BCUT2D eigenvalue weighted by atomic mass is 9.65. The molecule has 0 amide bonds. The van der Waals surface area contributed by atoms with E-state index in [1.165, 1.54) is 22.3 Å². The first-order valence-electron chi connectivity index (χ1n) is 22.2. The van der Waals surface area contributed by atoms with E-state index in [0.717, 1.165) is 89.8 Å². The second-order valence-electron chi connectivity index (χ2n) is 16.8. The van der Waals surface area contributed by atoms with Crippen LogP contribution in [0.1, 0.15) is 22.3 Å². The van der Waals surface area contributed by atoms with Crippen molar-refractivity contribution < 1.29 is 9.15 Å². The number of rotatable bonds is 7. The van der Waals surface area contributed by atoms with Crippen LogP contribution in [-0.2, 0) is 5.41 Å². The van der Waals surface area contributed by atoms with Crippen LogP contribution in [0.25, 0.3) is 44.2 Å². The lowest BCUT2D eigenvalue weighted by Gasteiger charge is -2.41. The first kappa shape index (κ1) is 37.0. The molecular formula is C61H40N2O2. The van der Waals surface area contributed by atoms with Crippen molar-refractivity contribution in [3.05, 3.63) is 265 Å². The number of para-hydroxylation sites is 5. The second-order valence-corrected chi connectivity index (χ2v) is 16.8. The molecule has 1 aliphatic carbocycles. The zero-order valence-electron chi connectivity index (χ0n) is 35.3. The van der Waals surface area contributed by atoms with E-state index in [1.54, 1.807) is 0 Å². The predicted molar refractivity (Wildman–Crippen MR) is 266 cm³/mol. The molecule has 0 fully saturated rings. The Hall–Kier alpha value is -8.60. The summed E-state index contributed by atoms with van der Waals surface area (Å²) in [6.45, 7) is 0. The Morgan fingerprint density at radius 2 is 0.892 bits per heavy atom. The molecule has 306 valence electrons. The van der Waals surface area contributed by atoms with E-state index < -0.39 is 5.41 Å². The van der Waals surface area contributed by atoms with Crippen LogP contribution in [0.2, 0.25) is 0 Å². The summed E-state index contributed by atoms with van der Waals surface area (Å²) in [6, 6.07) is 86.4. The van der Waals surface area contributed by atoms with E-state index in [4.69, 9.17) is 9.15 Å². The Bertz CT molecular complexity index is 3500. The molecule has 0 bridgehead atoms. The standard InChI is InChI=1S/C61H40N2O2/c1-5-19-41(20-6-1)42-35-37-53-58(39-42)65-60-54(61(53)51-30-15-13-27-47(51)48-28-14-16-31-52(48)61)32-18-34-56(60)63(45-25-11-4-12-26-45)55-33-17-29-49-50-40-46(36-38-57(50)64-59(49)55)62(43-21-7-2-8-22-43)44-23-9-3-10-24-44/h1-40H. The molecule has 13 rings (SSSR count). The van der Waals surface area contributed by atoms with Crippen molar-refractivity contribution >= 4 is 56.1 Å². The normalized spacial score (nSPS) is 12.9. The van der Waals surface area contributed by atoms with Crippen molar-refractivity contribution in [2.45, 2.75) is 5.41 Å². The largest absolute Gasteiger partial charge is 0.454 e. The van der Waals surface area contributed by atoms with E-state index >= 15 is 0 Å². The van der Waals surface area contributed by atoms with Gasteiger partial charge in [0, 0.05) is 44.6 Å². The zero-order valence-corrected chi connectivity index (χ0v) is 35.3. The maximum Gasteiger partial charge on any atom is 0.159 e. The highest BCUT2D eigenvalue weighted by Crippen LogP contribution is 2.64. The molecule has 1 spiro atoms. The van der Waals surface area contributed by atoms with Crippen LogP contribution in [0.4, 0.5) is 34.1 Å². The number of benzene rings is 10. The fraction of sp³-hybridized carbons (Fsp3) is 0.0164. The smallest absolute Gasteiger partial charge is 0.159 e. The van der Waals surface area contributed by atoms with Gasteiger partial charge in [0.2, 0.25) is 0 Å². The molecular weight excluding hydrogens is 793 g/mol. The Labute approximate surface area is 377 Å². The number of anilines is 6. The number of nitrogens with zero attached hydrogens (tertiary/aromatic N) is 2. The van der Waals surface area contributed by atoms with Crippen molar-refractivity contribution in [3.8, 4) is 33.8 Å². The number of fused-ring (bicyclic) bond motifs is 12. The van der Waals surface area contributed by atoms with Gasteiger partial charge in [-0.2, -0.15) is 0 Å². The molecule has 65 heavy (non-hydrogen) atoms. The Kier molecular flexibility index (Phi) is 8.40. The highest BCUT2D eigenvalue weighted by Gasteiger charge is 2.52. The predicted octanol–water partition coefficient (Wildman–Crippen LogP) is 16.7. The maximum absolute atomic E-state index is 7.43. The van der Waals surface area contributed by atoms with E-state index in [0.29, 0.717) is 0 Å². The number of hydrogen-bond acceptors (Lipinski definition) is 4. The third kappa shape index (κ3) is 5.64. The molecule has 0 saturated carbocycles. The maximum atomic E-state index is 7.43. The molecule has 2 heterocycles. The van der Waals surface area contributed by atoms with Crippen molar-refractivity contribution in [2.24, 2.45) is 0 Å². The molecule has 0 radical (unpaired) electrons. The van der Waals surface area contributed by atoms with Gasteiger partial charge in [0.1, 0.15) is 11.3 Å². The van der Waals surface area contributed by atoms with Crippen LogP contribution in [0.15, 0.2) is 247 Å². The van der Waals surface area contributed by atoms with Crippen LogP contribution >= 0.6 is 0 Å². The molecule has 0 saturated heterocycles. The van der Waals surface area contributed by atoms with Gasteiger partial charge in [0.05, 0.1) is 16.8 Å². The first-order chi connectivity index (χ1) is 32.3. The minimum atomic E-state index is -0.644. The summed E-state index contributed by atoms with van der Waals surface area (Å²) in [7, 11) is 0. The average molecular weight is 833 g/mol. The van der Waals surface area contributed by atoms with Crippen LogP contribution in [0.5, 0.6) is 11.5 Å². The van der Waals surface area contributed by atoms with Gasteiger partial charge in [-0.05, 0) is 106 Å². The van der Waals surface area contributed by atoms with E-state index in [2.05, 4.69) is 252 Å². The summed E-state index contributed by atoms with van der Waals surface area (Å²) in [5, 5.41) is 2.07. The van der Waals surface area contributed by atoms with Crippen LogP contribution in [0.3, 0.4) is 0 Å². The molecule has 4 heteroatoms. The topological polar surface area (TPSA) is 28.9 Å². The lowest BCUT2D eigenvalue weighted by Crippen LogP contribution is -2.32. The minimum absolute atomic E-state index is 0.644. The highest BCUT2D eigenvalue weighted by molar-refractivity contribution is 6.12. The number of furan rings is 1. The van der Waals surface area contributed by atoms with Crippen molar-refractivity contribution in [1.82, 2.24) is 0 Å². The number of ether oxygens (including phenoxy) is 1. The quantitative estimate of drug-likeness (QED) is 0.160. The first-order valence-corrected chi connectivity index (χ1v) is 22.2. The summed E-state index contributed by atoms with van der Waals surface area (Å²) >= 11 is 0. The Balaban J connectivity index is 1.05. The van der Waals surface area contributed by atoms with Gasteiger partial charge in [-0.25, -0.2) is 0 Å². The summed E-state index contributed by atoms with van der Waals surface area (Å²) < 4.78 is 14.4. The molecule has 0 unspecified atom stereocenters. The molecule has 11 aromatic rings. The Morgan fingerprint density at radius 3 is 1.55 bits per heavy atom. The van der Waals surface area contributed by atoms with Crippen molar-refractivity contribution in [3.63, 3.8) is 0 Å². The highest BCUT2D eigenvalue weighted by atomic mass is 16.5. The monoisotopic (exact) mass is 832 g/mol. The molecule has 1 aliphatic heterocycles. The van der Waals surface area contributed by atoms with Gasteiger partial charge < -0.3 is 19.0 Å². The Morgan fingerprint density at radius 1 is 0.338 bits per heavy atom. The SMILES string of the molecule is c1ccc(-c2ccc3c(c2)Oc2c(N(c4ccccc4)c4cccc5c4oc4ccc(N(c6ccccc6)c6ccccc6)cc45)cccc2C32c3ccccc3-c3ccccc32)cc1. The third-order valence-electron chi connectivity index (χ3n) is 13.3. The molecule has 4 nitrogen and oxygen atoms in total. The van der Waals surface area contributed by atoms with Gasteiger partial charge in [0.25, 0.3) is 0 Å². The molecule has 2 aliphatic rings. The molecule has 0 atom stereocenters. The molecule has 10 aromatic carbocycles. The third-order valence-corrected chi connectivity index (χ3v) is 13.3. The van der Waals surface area contributed by atoms with Gasteiger partial charge >= 0.3 is 0 Å². The van der Waals surface area contributed by atoms with Crippen LogP contribution in [0, 0.1) is 0 Å². The summed E-state index contributed by atoms with van der Waals surface area (Å²) in [5.74, 6) is 1.64. The fourth-order valence-corrected chi connectivity index (χ4v) is 10.6. The second kappa shape index (κ2) is 14.8. The zero-order chi connectivity index (χ0) is 42.9. The van der Waals surface area contributed by atoms with Crippen LogP contribution in [-0.4, -0.2) is 0 Å². The summed E-state index contributed by atoms with van der Waals surface area (Å²) in [6.07, 6.45) is 0. The average Bonchev–Trinajstić information content (AvgIpc) is 3.90. The van der Waals surface area contributed by atoms with Crippen molar-refractivity contribution in [2.75, 3.05) is 9.80 Å². The van der Waals surface area contributed by atoms with Gasteiger partial charge in [-0.3, -0.25) is 0 Å². The van der Waals surface area contributed by atoms with Crippen molar-refractivity contribution in [1.29, 1.82) is 0 Å². The van der Waals surface area contributed by atoms with E-state index in [-0.39, 0.29) is 0 Å². The summed E-state index contributed by atoms with van der Waals surface area (Å²) in [5.41, 5.74) is 16.4. The van der Waals surface area contributed by atoms with E-state index in [1.807, 2.05) is 0 Å². The molecule has 1 aromatic heterocycles. The van der Waals surface area contributed by atoms with Gasteiger partial charge in [0.15, 0.2) is 11.3 Å². The van der Waals surface area contributed by atoms with Crippen LogP contribution < -0.4 is 14.5 Å². The molecule has 0 N–H and O–H groups in total. The minimum Gasteiger partial charge on any atom is -0.454 e. The fourth-order valence-electron chi connectivity index (χ4n) is 10.6.